The van der Waals surface area contributed by atoms with Crippen molar-refractivity contribution in [1.29, 1.82) is 0 Å². The van der Waals surface area contributed by atoms with Gasteiger partial charge in [-0.2, -0.15) is 0 Å². The van der Waals surface area contributed by atoms with Crippen LogP contribution >= 0.6 is 0 Å². The van der Waals surface area contributed by atoms with Gasteiger partial charge in [-0.15, -0.1) is 0 Å². The van der Waals surface area contributed by atoms with Gasteiger partial charge in [0, 0.05) is 36.4 Å². The van der Waals surface area contributed by atoms with Crippen molar-refractivity contribution in [2.24, 2.45) is 0 Å². The second-order valence-corrected chi connectivity index (χ2v) is 5.12. The van der Waals surface area contributed by atoms with Crippen molar-refractivity contribution in [2.45, 2.75) is 19.6 Å². The van der Waals surface area contributed by atoms with Gasteiger partial charge in [0.05, 0.1) is 5.69 Å². The van der Waals surface area contributed by atoms with Crippen LogP contribution in [0, 0.1) is 0 Å². The summed E-state index contributed by atoms with van der Waals surface area (Å²) in [5.41, 5.74) is 3.02. The third-order valence-corrected chi connectivity index (χ3v) is 3.52. The highest BCUT2D eigenvalue weighted by Crippen LogP contribution is 2.21. The molecule has 0 saturated heterocycles. The van der Waals surface area contributed by atoms with E-state index in [4.69, 9.17) is 5.11 Å². The van der Waals surface area contributed by atoms with Crippen LogP contribution in [0.25, 0.3) is 10.9 Å². The number of benzene rings is 1. The number of aromatic nitrogens is 2. The summed E-state index contributed by atoms with van der Waals surface area (Å²) in [4.78, 5) is 15.2. The normalized spacial score (nSPS) is 10.9. The molecule has 2 aromatic heterocycles. The maximum absolute atomic E-state index is 11.0. The van der Waals surface area contributed by atoms with E-state index in [9.17, 15) is 4.79 Å². The van der Waals surface area contributed by atoms with Crippen molar-refractivity contribution >= 4 is 16.9 Å². The minimum atomic E-state index is -0.839. The van der Waals surface area contributed by atoms with Crippen LogP contribution < -0.4 is 5.32 Å². The van der Waals surface area contributed by atoms with Gasteiger partial charge in [-0.25, -0.2) is 0 Å². The summed E-state index contributed by atoms with van der Waals surface area (Å²) in [6.45, 7) is 1.32. The summed E-state index contributed by atoms with van der Waals surface area (Å²) < 4.78 is 1.77. The number of carboxylic acids is 1. The van der Waals surface area contributed by atoms with Crippen molar-refractivity contribution in [3.8, 4) is 0 Å². The Morgan fingerprint density at radius 3 is 2.73 bits per heavy atom. The number of nitrogens with one attached hydrogen (secondary N) is 1. The van der Waals surface area contributed by atoms with Crippen LogP contribution in [0.4, 0.5) is 0 Å². The summed E-state index contributed by atoms with van der Waals surface area (Å²) >= 11 is 0. The lowest BCUT2D eigenvalue weighted by molar-refractivity contribution is -0.137. The predicted molar refractivity (Wildman–Crippen MR) is 84.4 cm³/mol. The van der Waals surface area contributed by atoms with Gasteiger partial charge in [-0.3, -0.25) is 9.78 Å². The van der Waals surface area contributed by atoms with Crippen molar-refractivity contribution in [2.75, 3.05) is 0 Å². The van der Waals surface area contributed by atoms with Gasteiger partial charge in [-0.05, 0) is 23.8 Å². The van der Waals surface area contributed by atoms with Crippen LogP contribution in [-0.2, 0) is 24.4 Å². The number of pyridine rings is 1. The zero-order chi connectivity index (χ0) is 15.4. The number of nitrogens with zero attached hydrogens (tertiary/aromatic N) is 2. The number of carbonyl (C=O) groups is 1. The Labute approximate surface area is 128 Å². The molecule has 3 aromatic rings. The van der Waals surface area contributed by atoms with Crippen LogP contribution in [0.5, 0.6) is 0 Å². The van der Waals surface area contributed by atoms with E-state index in [1.807, 2.05) is 48.7 Å². The minimum absolute atomic E-state index is 0.0270. The fraction of sp³-hybridized carbons (Fsp3) is 0.176. The van der Waals surface area contributed by atoms with Crippen LogP contribution in [0.1, 0.15) is 11.3 Å². The number of para-hydroxylation sites is 1. The molecule has 0 aliphatic rings. The number of hydrogen-bond donors (Lipinski definition) is 2. The van der Waals surface area contributed by atoms with Crippen LogP contribution in [-0.4, -0.2) is 20.6 Å². The molecule has 0 saturated carbocycles. The van der Waals surface area contributed by atoms with Crippen LogP contribution in [0.15, 0.2) is 54.9 Å². The Hall–Kier alpha value is -2.66. The van der Waals surface area contributed by atoms with Crippen LogP contribution in [0.2, 0.25) is 0 Å². The third kappa shape index (κ3) is 3.15. The van der Waals surface area contributed by atoms with Gasteiger partial charge >= 0.3 is 5.97 Å². The summed E-state index contributed by atoms with van der Waals surface area (Å²) in [6, 6.07) is 13.7. The molecule has 0 bridgehead atoms. The molecule has 112 valence electrons. The van der Waals surface area contributed by atoms with E-state index >= 15 is 0 Å². The molecular weight excluding hydrogens is 278 g/mol. The van der Waals surface area contributed by atoms with E-state index in [2.05, 4.69) is 10.3 Å². The first-order valence-electron chi connectivity index (χ1n) is 7.13. The molecule has 2 heterocycles. The van der Waals surface area contributed by atoms with E-state index in [1.165, 1.54) is 0 Å². The van der Waals surface area contributed by atoms with E-state index in [1.54, 1.807) is 10.8 Å². The molecule has 1 aromatic carbocycles. The molecule has 0 fully saturated rings. The number of carboxylic acid groups (broad SMARTS) is 1. The number of aliphatic carboxylic acids is 1. The highest BCUT2D eigenvalue weighted by atomic mass is 16.4. The molecule has 0 atom stereocenters. The SMILES string of the molecule is O=C(O)Cn1cc(CNCc2ccccn2)c2ccccc21. The van der Waals surface area contributed by atoms with E-state index in [0.717, 1.165) is 22.2 Å². The van der Waals surface area contributed by atoms with Crippen molar-refractivity contribution in [1.82, 2.24) is 14.9 Å². The monoisotopic (exact) mass is 295 g/mol. The topological polar surface area (TPSA) is 67.2 Å². The maximum atomic E-state index is 11.0. The second-order valence-electron chi connectivity index (χ2n) is 5.12. The first-order chi connectivity index (χ1) is 10.7. The zero-order valence-corrected chi connectivity index (χ0v) is 12.1. The zero-order valence-electron chi connectivity index (χ0n) is 12.1. The number of fused-ring (bicyclic) bond motifs is 1. The van der Waals surface area contributed by atoms with E-state index in [-0.39, 0.29) is 6.54 Å². The average molecular weight is 295 g/mol. The molecule has 22 heavy (non-hydrogen) atoms. The van der Waals surface area contributed by atoms with Crippen molar-refractivity contribution < 1.29 is 9.90 Å². The minimum Gasteiger partial charge on any atom is -0.480 e. The maximum Gasteiger partial charge on any atom is 0.323 e. The first kappa shape index (κ1) is 14.3. The van der Waals surface area contributed by atoms with Gasteiger partial charge in [0.2, 0.25) is 0 Å². The molecule has 0 aliphatic carbocycles. The average Bonchev–Trinajstić information content (AvgIpc) is 2.86. The Kier molecular flexibility index (Phi) is 4.16. The third-order valence-electron chi connectivity index (χ3n) is 3.52. The Bertz CT molecular complexity index is 781. The van der Waals surface area contributed by atoms with Gasteiger partial charge in [-0.1, -0.05) is 24.3 Å². The molecule has 3 rings (SSSR count). The van der Waals surface area contributed by atoms with E-state index in [0.29, 0.717) is 13.1 Å². The molecule has 5 heteroatoms. The Morgan fingerprint density at radius 1 is 1.14 bits per heavy atom. The van der Waals surface area contributed by atoms with Gasteiger partial charge in [0.25, 0.3) is 0 Å². The Morgan fingerprint density at radius 2 is 1.95 bits per heavy atom. The van der Waals surface area contributed by atoms with Gasteiger partial charge in [0.15, 0.2) is 0 Å². The molecule has 0 radical (unpaired) electrons. The standard InChI is InChI=1S/C17H17N3O2/c21-17(22)12-20-11-13(15-6-1-2-7-16(15)20)9-18-10-14-5-3-4-8-19-14/h1-8,11,18H,9-10,12H2,(H,21,22). The summed E-state index contributed by atoms with van der Waals surface area (Å²) in [6.07, 6.45) is 3.68. The van der Waals surface area contributed by atoms with Gasteiger partial charge in [0.1, 0.15) is 6.54 Å². The molecule has 0 unspecified atom stereocenters. The largest absolute Gasteiger partial charge is 0.480 e. The van der Waals surface area contributed by atoms with Gasteiger partial charge < -0.3 is 15.0 Å². The molecule has 0 aliphatic heterocycles. The molecule has 2 N–H and O–H groups in total. The molecule has 0 amide bonds. The molecule has 0 spiro atoms. The van der Waals surface area contributed by atoms with Crippen molar-refractivity contribution in [3.63, 3.8) is 0 Å². The van der Waals surface area contributed by atoms with Crippen molar-refractivity contribution in [3.05, 3.63) is 66.1 Å². The first-order valence-corrected chi connectivity index (χ1v) is 7.13. The van der Waals surface area contributed by atoms with E-state index < -0.39 is 5.97 Å². The smallest absolute Gasteiger partial charge is 0.323 e. The fourth-order valence-corrected chi connectivity index (χ4v) is 2.57. The fourth-order valence-electron chi connectivity index (χ4n) is 2.57. The number of rotatable bonds is 6. The highest BCUT2D eigenvalue weighted by molar-refractivity contribution is 5.85. The molecule has 5 nitrogen and oxygen atoms in total. The predicted octanol–water partition coefficient (Wildman–Crippen LogP) is 2.41. The van der Waals surface area contributed by atoms with Crippen LogP contribution in [0.3, 0.4) is 0 Å². The lowest BCUT2D eigenvalue weighted by atomic mass is 10.2. The molecular formula is C17H17N3O2. The second kappa shape index (κ2) is 6.41. The quantitative estimate of drug-likeness (QED) is 0.733. The summed E-state index contributed by atoms with van der Waals surface area (Å²) in [7, 11) is 0. The summed E-state index contributed by atoms with van der Waals surface area (Å²) in [5.74, 6) is -0.839. The lowest BCUT2D eigenvalue weighted by Crippen LogP contribution is -2.13. The summed E-state index contributed by atoms with van der Waals surface area (Å²) in [5, 5.41) is 13.4. The number of hydrogen-bond acceptors (Lipinski definition) is 3. The Balaban J connectivity index is 1.77. The lowest BCUT2D eigenvalue weighted by Gasteiger charge is -2.03. The highest BCUT2D eigenvalue weighted by Gasteiger charge is 2.09.